The molecule has 2 aromatic heterocycles. The molecule has 0 aliphatic carbocycles. The van der Waals surface area contributed by atoms with E-state index in [9.17, 15) is 0 Å². The third-order valence-electron chi connectivity index (χ3n) is 3.86. The van der Waals surface area contributed by atoms with E-state index in [0.29, 0.717) is 6.42 Å². The average Bonchev–Trinajstić information content (AvgIpc) is 3.15. The minimum Gasteiger partial charge on any atom is -0.366 e. The van der Waals surface area contributed by atoms with E-state index < -0.39 is 0 Å². The van der Waals surface area contributed by atoms with Crippen molar-refractivity contribution in [2.75, 3.05) is 10.6 Å². The summed E-state index contributed by atoms with van der Waals surface area (Å²) in [5.74, 6) is 0.802. The molecule has 7 heteroatoms. The molecule has 0 saturated heterocycles. The number of hydrogen-bond donors (Lipinski definition) is 2. The topological polar surface area (TPSA) is 75.6 Å². The monoisotopic (exact) mass is 374 g/mol. The summed E-state index contributed by atoms with van der Waals surface area (Å²) in [7, 11) is 0. The maximum absolute atomic E-state index is 4.35. The molecule has 4 aromatic rings. The number of hydrogen-bond acceptors (Lipinski definition) is 7. The Balaban J connectivity index is 1.38. The molecule has 4 rings (SSSR count). The van der Waals surface area contributed by atoms with E-state index >= 15 is 0 Å². The van der Waals surface area contributed by atoms with Gasteiger partial charge in [-0.15, -0.1) is 10.2 Å². The predicted molar refractivity (Wildman–Crippen MR) is 108 cm³/mol. The smallest absolute Gasteiger partial charge is 0.210 e. The van der Waals surface area contributed by atoms with Crippen LogP contribution in [-0.2, 0) is 13.0 Å². The molecule has 27 heavy (non-hydrogen) atoms. The van der Waals surface area contributed by atoms with Gasteiger partial charge < -0.3 is 10.6 Å². The quantitative estimate of drug-likeness (QED) is 0.503. The Morgan fingerprint density at radius 2 is 1.63 bits per heavy atom. The highest BCUT2D eigenvalue weighted by molar-refractivity contribution is 7.15. The highest BCUT2D eigenvalue weighted by Gasteiger charge is 2.07. The Bertz CT molecular complexity index is 988. The van der Waals surface area contributed by atoms with Crippen molar-refractivity contribution in [1.82, 2.24) is 20.2 Å². The molecule has 0 bridgehead atoms. The van der Waals surface area contributed by atoms with Crippen molar-refractivity contribution in [2.45, 2.75) is 13.0 Å². The first-order valence-electron chi connectivity index (χ1n) is 8.58. The molecule has 2 heterocycles. The molecule has 0 atom stereocenters. The molecule has 0 aliphatic rings. The van der Waals surface area contributed by atoms with Crippen molar-refractivity contribution in [3.8, 4) is 0 Å². The number of nitrogens with zero attached hydrogens (tertiary/aromatic N) is 4. The molecular formula is C20H18N6S. The molecule has 6 nitrogen and oxygen atoms in total. The van der Waals surface area contributed by atoms with E-state index in [1.165, 1.54) is 16.9 Å². The molecule has 0 spiro atoms. The summed E-state index contributed by atoms with van der Waals surface area (Å²) in [6.07, 6.45) is 2.20. The van der Waals surface area contributed by atoms with Crippen LogP contribution in [0.2, 0.25) is 0 Å². The molecular weight excluding hydrogens is 356 g/mol. The number of rotatable bonds is 7. The summed E-state index contributed by atoms with van der Waals surface area (Å²) in [6.45, 7) is 0.723. The van der Waals surface area contributed by atoms with Gasteiger partial charge in [-0.25, -0.2) is 9.97 Å². The first-order chi connectivity index (χ1) is 13.3. The van der Waals surface area contributed by atoms with Crippen LogP contribution in [0.5, 0.6) is 0 Å². The van der Waals surface area contributed by atoms with Crippen LogP contribution in [0.3, 0.4) is 0 Å². The van der Waals surface area contributed by atoms with Gasteiger partial charge in [-0.2, -0.15) is 0 Å². The first-order valence-corrected chi connectivity index (χ1v) is 9.40. The summed E-state index contributed by atoms with van der Waals surface area (Å²) in [6, 6.07) is 22.1. The summed E-state index contributed by atoms with van der Waals surface area (Å²) < 4.78 is 0. The van der Waals surface area contributed by atoms with Gasteiger partial charge in [-0.05, 0) is 17.7 Å². The summed E-state index contributed by atoms with van der Waals surface area (Å²) in [5, 5.41) is 16.7. The van der Waals surface area contributed by atoms with Crippen LogP contribution < -0.4 is 10.6 Å². The third-order valence-corrected chi connectivity index (χ3v) is 4.70. The molecule has 2 N–H and O–H groups in total. The van der Waals surface area contributed by atoms with Gasteiger partial charge >= 0.3 is 0 Å². The fraction of sp³-hybridized carbons (Fsp3) is 0.100. The van der Waals surface area contributed by atoms with E-state index in [1.807, 2.05) is 54.6 Å². The molecule has 0 fully saturated rings. The fourth-order valence-corrected chi connectivity index (χ4v) is 3.33. The van der Waals surface area contributed by atoms with Crippen LogP contribution in [0.25, 0.3) is 0 Å². The SMILES string of the molecule is c1ccc(CNc2cc(Cc3nnc(Nc4ccccc4)s3)ncn2)cc1. The number of benzene rings is 2. The van der Waals surface area contributed by atoms with Crippen LogP contribution in [0.4, 0.5) is 16.6 Å². The Morgan fingerprint density at radius 3 is 2.44 bits per heavy atom. The van der Waals surface area contributed by atoms with Crippen LogP contribution in [0.1, 0.15) is 16.3 Å². The van der Waals surface area contributed by atoms with Gasteiger partial charge in [0.15, 0.2) is 0 Å². The zero-order chi connectivity index (χ0) is 18.3. The van der Waals surface area contributed by atoms with Crippen molar-refractivity contribution in [1.29, 1.82) is 0 Å². The van der Waals surface area contributed by atoms with E-state index in [1.54, 1.807) is 6.33 Å². The lowest BCUT2D eigenvalue weighted by Gasteiger charge is -2.06. The van der Waals surface area contributed by atoms with Gasteiger partial charge in [0.1, 0.15) is 17.2 Å². The lowest BCUT2D eigenvalue weighted by atomic mass is 10.2. The van der Waals surface area contributed by atoms with Crippen LogP contribution in [-0.4, -0.2) is 20.2 Å². The van der Waals surface area contributed by atoms with Gasteiger partial charge in [-0.3, -0.25) is 0 Å². The van der Waals surface area contributed by atoms with E-state index in [4.69, 9.17) is 0 Å². The fourth-order valence-electron chi connectivity index (χ4n) is 2.55. The zero-order valence-corrected chi connectivity index (χ0v) is 15.4. The third kappa shape index (κ3) is 4.86. The molecule has 0 aliphatic heterocycles. The van der Waals surface area contributed by atoms with E-state index in [2.05, 4.69) is 42.9 Å². The average molecular weight is 374 g/mol. The molecule has 0 amide bonds. The van der Waals surface area contributed by atoms with Crippen molar-refractivity contribution in [3.05, 3.63) is 89.3 Å². The Labute approximate surface area is 161 Å². The van der Waals surface area contributed by atoms with Gasteiger partial charge in [0.25, 0.3) is 0 Å². The minimum atomic E-state index is 0.622. The van der Waals surface area contributed by atoms with Gasteiger partial charge in [0, 0.05) is 24.7 Å². The van der Waals surface area contributed by atoms with Crippen molar-refractivity contribution >= 4 is 28.0 Å². The van der Waals surface area contributed by atoms with Gasteiger partial charge in [0.05, 0.1) is 5.69 Å². The Kier molecular flexibility index (Phi) is 5.31. The minimum absolute atomic E-state index is 0.622. The van der Waals surface area contributed by atoms with Crippen LogP contribution in [0, 0.1) is 0 Å². The lowest BCUT2D eigenvalue weighted by molar-refractivity contribution is 0.959. The second kappa shape index (κ2) is 8.37. The van der Waals surface area contributed by atoms with E-state index in [-0.39, 0.29) is 0 Å². The summed E-state index contributed by atoms with van der Waals surface area (Å²) >= 11 is 1.52. The number of nitrogens with one attached hydrogen (secondary N) is 2. The van der Waals surface area contributed by atoms with Crippen molar-refractivity contribution in [3.63, 3.8) is 0 Å². The lowest BCUT2D eigenvalue weighted by Crippen LogP contribution is -2.03. The number of aromatic nitrogens is 4. The Morgan fingerprint density at radius 1 is 0.852 bits per heavy atom. The molecule has 2 aromatic carbocycles. The summed E-state index contributed by atoms with van der Waals surface area (Å²) in [5.41, 5.74) is 3.11. The van der Waals surface area contributed by atoms with E-state index in [0.717, 1.165) is 33.9 Å². The highest BCUT2D eigenvalue weighted by atomic mass is 32.1. The zero-order valence-electron chi connectivity index (χ0n) is 14.5. The standard InChI is InChI=1S/C20H18N6S/c1-3-7-15(8-4-1)13-21-18-11-17(22-14-23-18)12-19-25-26-20(27-19)24-16-9-5-2-6-10-16/h1-11,14H,12-13H2,(H,24,26)(H,21,22,23). The Hall–Kier alpha value is -3.32. The van der Waals surface area contributed by atoms with Crippen molar-refractivity contribution in [2.24, 2.45) is 0 Å². The first kappa shape index (κ1) is 17.1. The predicted octanol–water partition coefficient (Wildman–Crippen LogP) is 4.27. The van der Waals surface area contributed by atoms with Gasteiger partial charge in [0.2, 0.25) is 5.13 Å². The van der Waals surface area contributed by atoms with Gasteiger partial charge in [-0.1, -0.05) is 59.9 Å². The normalized spacial score (nSPS) is 10.5. The maximum Gasteiger partial charge on any atom is 0.210 e. The molecule has 0 saturated carbocycles. The summed E-state index contributed by atoms with van der Waals surface area (Å²) in [4.78, 5) is 8.64. The van der Waals surface area contributed by atoms with Crippen molar-refractivity contribution < 1.29 is 0 Å². The second-order valence-electron chi connectivity index (χ2n) is 5.90. The van der Waals surface area contributed by atoms with Crippen LogP contribution >= 0.6 is 11.3 Å². The second-order valence-corrected chi connectivity index (χ2v) is 6.96. The largest absolute Gasteiger partial charge is 0.366 e. The highest BCUT2D eigenvalue weighted by Crippen LogP contribution is 2.22. The maximum atomic E-state index is 4.35. The number of anilines is 3. The molecule has 134 valence electrons. The van der Waals surface area contributed by atoms with Crippen LogP contribution in [0.15, 0.2) is 73.1 Å². The molecule has 0 radical (unpaired) electrons. The number of para-hydroxylation sites is 1. The molecule has 0 unspecified atom stereocenters.